The van der Waals surface area contributed by atoms with Crippen molar-refractivity contribution in [2.24, 2.45) is 0 Å². The third-order valence-corrected chi connectivity index (χ3v) is 5.52. The summed E-state index contributed by atoms with van der Waals surface area (Å²) < 4.78 is 38.6. The molecule has 8 heteroatoms. The Morgan fingerprint density at radius 2 is 1.78 bits per heavy atom. The maximum absolute atomic E-state index is 12.7. The fourth-order valence-electron chi connectivity index (χ4n) is 2.76. The molecular weight excluding hydrogens is 368 g/mol. The lowest BCUT2D eigenvalue weighted by Crippen LogP contribution is -2.40. The maximum atomic E-state index is 12.7. The number of rotatable bonds is 6. The van der Waals surface area contributed by atoms with Gasteiger partial charge in [-0.15, -0.1) is 0 Å². The summed E-state index contributed by atoms with van der Waals surface area (Å²) in [7, 11) is -3.80. The highest BCUT2D eigenvalue weighted by molar-refractivity contribution is 7.92. The van der Waals surface area contributed by atoms with Crippen LogP contribution in [0.5, 0.6) is 5.75 Å². The zero-order chi connectivity index (χ0) is 19.3. The summed E-state index contributed by atoms with van der Waals surface area (Å²) in [5.41, 5.74) is 0.818. The van der Waals surface area contributed by atoms with Crippen molar-refractivity contribution in [2.45, 2.75) is 11.8 Å². The smallest absolute Gasteiger partial charge is 0.262 e. The van der Waals surface area contributed by atoms with Crippen molar-refractivity contribution in [3.63, 3.8) is 0 Å². The number of anilines is 1. The molecule has 1 fully saturated rings. The Bertz CT molecular complexity index is 891. The van der Waals surface area contributed by atoms with Gasteiger partial charge in [0.1, 0.15) is 5.75 Å². The molecule has 1 N–H and O–H groups in total. The molecule has 1 aliphatic heterocycles. The van der Waals surface area contributed by atoms with Crippen LogP contribution in [0.1, 0.15) is 17.3 Å². The summed E-state index contributed by atoms with van der Waals surface area (Å²) in [5, 5.41) is 0. The molecule has 1 saturated heterocycles. The lowest BCUT2D eigenvalue weighted by atomic mass is 10.2. The second-order valence-corrected chi connectivity index (χ2v) is 7.65. The van der Waals surface area contributed by atoms with Crippen molar-refractivity contribution < 1.29 is 22.7 Å². The molecule has 2 aromatic rings. The van der Waals surface area contributed by atoms with E-state index in [0.29, 0.717) is 49.9 Å². The van der Waals surface area contributed by atoms with Crippen LogP contribution in [0.15, 0.2) is 53.4 Å². The third kappa shape index (κ3) is 4.58. The summed E-state index contributed by atoms with van der Waals surface area (Å²) >= 11 is 0. The molecule has 0 atom stereocenters. The van der Waals surface area contributed by atoms with Crippen LogP contribution in [-0.2, 0) is 14.8 Å². The van der Waals surface area contributed by atoms with Gasteiger partial charge in [0.25, 0.3) is 15.9 Å². The number of morpholine rings is 1. The SMILES string of the molecule is CCOc1ccccc1NS(=O)(=O)c1ccc(C(=O)N2CCOCC2)cc1. The minimum Gasteiger partial charge on any atom is -0.492 e. The van der Waals surface area contributed by atoms with Crippen molar-refractivity contribution in [3.05, 3.63) is 54.1 Å². The molecule has 0 unspecified atom stereocenters. The van der Waals surface area contributed by atoms with Gasteiger partial charge in [-0.05, 0) is 43.3 Å². The average molecular weight is 390 g/mol. The van der Waals surface area contributed by atoms with Crippen LogP contribution in [-0.4, -0.2) is 52.1 Å². The van der Waals surface area contributed by atoms with Crippen LogP contribution in [0.2, 0.25) is 0 Å². The molecule has 1 aliphatic rings. The van der Waals surface area contributed by atoms with Gasteiger partial charge in [0.15, 0.2) is 0 Å². The Morgan fingerprint density at radius 1 is 1.11 bits per heavy atom. The molecule has 1 heterocycles. The van der Waals surface area contributed by atoms with Gasteiger partial charge in [-0.3, -0.25) is 9.52 Å². The van der Waals surface area contributed by atoms with Crippen LogP contribution in [0, 0.1) is 0 Å². The molecule has 3 rings (SSSR count). The first-order chi connectivity index (χ1) is 13.0. The molecule has 2 aromatic carbocycles. The monoisotopic (exact) mass is 390 g/mol. The Hall–Kier alpha value is -2.58. The topological polar surface area (TPSA) is 84.9 Å². The quantitative estimate of drug-likeness (QED) is 0.818. The van der Waals surface area contributed by atoms with Gasteiger partial charge < -0.3 is 14.4 Å². The van der Waals surface area contributed by atoms with Crippen LogP contribution >= 0.6 is 0 Å². The first-order valence-corrected chi connectivity index (χ1v) is 10.2. The molecular formula is C19H22N2O5S. The molecule has 0 aliphatic carbocycles. The van der Waals surface area contributed by atoms with E-state index in [4.69, 9.17) is 9.47 Å². The Labute approximate surface area is 158 Å². The van der Waals surface area contributed by atoms with Crippen molar-refractivity contribution in [1.82, 2.24) is 4.90 Å². The highest BCUT2D eigenvalue weighted by Gasteiger charge is 2.20. The van der Waals surface area contributed by atoms with E-state index in [2.05, 4.69) is 4.72 Å². The van der Waals surface area contributed by atoms with Gasteiger partial charge in [-0.25, -0.2) is 8.42 Å². The van der Waals surface area contributed by atoms with E-state index in [1.165, 1.54) is 24.3 Å². The van der Waals surface area contributed by atoms with Crippen LogP contribution in [0.25, 0.3) is 0 Å². The van der Waals surface area contributed by atoms with Gasteiger partial charge in [0.2, 0.25) is 0 Å². The maximum Gasteiger partial charge on any atom is 0.262 e. The van der Waals surface area contributed by atoms with E-state index in [9.17, 15) is 13.2 Å². The summed E-state index contributed by atoms with van der Waals surface area (Å²) in [4.78, 5) is 14.2. The Morgan fingerprint density at radius 3 is 2.44 bits per heavy atom. The number of hydrogen-bond donors (Lipinski definition) is 1. The fraction of sp³-hybridized carbons (Fsp3) is 0.316. The van der Waals surface area contributed by atoms with Gasteiger partial charge in [-0.1, -0.05) is 12.1 Å². The summed E-state index contributed by atoms with van der Waals surface area (Å²) in [6.07, 6.45) is 0. The van der Waals surface area contributed by atoms with Gasteiger partial charge in [-0.2, -0.15) is 0 Å². The van der Waals surface area contributed by atoms with Crippen molar-refractivity contribution in [3.8, 4) is 5.75 Å². The molecule has 0 aromatic heterocycles. The minimum atomic E-state index is -3.80. The second kappa shape index (κ2) is 8.41. The summed E-state index contributed by atoms with van der Waals surface area (Å²) in [6.45, 7) is 4.36. The number of ether oxygens (including phenoxy) is 2. The predicted molar refractivity (Wildman–Crippen MR) is 102 cm³/mol. The van der Waals surface area contributed by atoms with E-state index in [1.54, 1.807) is 29.2 Å². The number of amides is 1. The molecule has 144 valence electrons. The number of para-hydroxylation sites is 2. The standard InChI is InChI=1S/C19H22N2O5S/c1-2-26-18-6-4-3-5-17(18)20-27(23,24)16-9-7-15(8-10-16)19(22)21-11-13-25-14-12-21/h3-10,20H,2,11-14H2,1H3. The first kappa shape index (κ1) is 19.2. The van der Waals surface area contributed by atoms with Crippen LogP contribution in [0.4, 0.5) is 5.69 Å². The molecule has 0 radical (unpaired) electrons. The molecule has 0 saturated carbocycles. The molecule has 27 heavy (non-hydrogen) atoms. The Kier molecular flexibility index (Phi) is 5.98. The van der Waals surface area contributed by atoms with Crippen LogP contribution < -0.4 is 9.46 Å². The van der Waals surface area contributed by atoms with E-state index in [-0.39, 0.29) is 10.8 Å². The normalized spacial score (nSPS) is 14.6. The van der Waals surface area contributed by atoms with E-state index < -0.39 is 10.0 Å². The summed E-state index contributed by atoms with van der Waals surface area (Å²) in [6, 6.07) is 12.8. The third-order valence-electron chi connectivity index (χ3n) is 4.14. The number of carbonyl (C=O) groups excluding carboxylic acids is 1. The molecule has 7 nitrogen and oxygen atoms in total. The minimum absolute atomic E-state index is 0.0762. The van der Waals surface area contributed by atoms with Gasteiger partial charge in [0, 0.05) is 18.7 Å². The molecule has 1 amide bonds. The van der Waals surface area contributed by atoms with E-state index in [1.807, 2.05) is 6.92 Å². The number of hydrogen-bond acceptors (Lipinski definition) is 5. The van der Waals surface area contributed by atoms with Crippen molar-refractivity contribution in [1.29, 1.82) is 0 Å². The zero-order valence-electron chi connectivity index (χ0n) is 15.1. The van der Waals surface area contributed by atoms with Crippen molar-refractivity contribution in [2.75, 3.05) is 37.6 Å². The molecule has 0 spiro atoms. The highest BCUT2D eigenvalue weighted by Crippen LogP contribution is 2.26. The Balaban J connectivity index is 1.76. The first-order valence-electron chi connectivity index (χ1n) is 8.73. The highest BCUT2D eigenvalue weighted by atomic mass is 32.2. The summed E-state index contributed by atoms with van der Waals surface area (Å²) in [5.74, 6) is 0.333. The van der Waals surface area contributed by atoms with Crippen LogP contribution in [0.3, 0.4) is 0 Å². The average Bonchev–Trinajstić information content (AvgIpc) is 2.70. The van der Waals surface area contributed by atoms with E-state index >= 15 is 0 Å². The van der Waals surface area contributed by atoms with Gasteiger partial charge in [0.05, 0.1) is 30.4 Å². The predicted octanol–water partition coefficient (Wildman–Crippen LogP) is 2.36. The van der Waals surface area contributed by atoms with Gasteiger partial charge >= 0.3 is 0 Å². The zero-order valence-corrected chi connectivity index (χ0v) is 15.9. The lowest BCUT2D eigenvalue weighted by Gasteiger charge is -2.26. The largest absolute Gasteiger partial charge is 0.492 e. The number of nitrogens with zero attached hydrogens (tertiary/aromatic N) is 1. The fourth-order valence-corrected chi connectivity index (χ4v) is 3.83. The number of nitrogens with one attached hydrogen (secondary N) is 1. The number of sulfonamides is 1. The number of benzene rings is 2. The van der Waals surface area contributed by atoms with E-state index in [0.717, 1.165) is 0 Å². The second-order valence-electron chi connectivity index (χ2n) is 5.96. The lowest BCUT2D eigenvalue weighted by molar-refractivity contribution is 0.0303. The molecule has 0 bridgehead atoms. The number of carbonyl (C=O) groups is 1. The van der Waals surface area contributed by atoms with Crippen molar-refractivity contribution >= 4 is 21.6 Å².